The van der Waals surface area contributed by atoms with Gasteiger partial charge in [-0.2, -0.15) is 0 Å². The van der Waals surface area contributed by atoms with E-state index in [0.29, 0.717) is 31.7 Å². The summed E-state index contributed by atoms with van der Waals surface area (Å²) in [5.41, 5.74) is 0.321. The highest BCUT2D eigenvalue weighted by Gasteiger charge is 2.22. The third kappa shape index (κ3) is 4.56. The zero-order valence-corrected chi connectivity index (χ0v) is 14.4. The number of aromatic nitrogens is 1. The second-order valence-corrected chi connectivity index (χ2v) is 6.10. The smallest absolute Gasteiger partial charge is 0.242 e. The first-order valence-electron chi connectivity index (χ1n) is 8.57. The van der Waals surface area contributed by atoms with E-state index < -0.39 is 5.82 Å². The van der Waals surface area contributed by atoms with Crippen LogP contribution in [0.5, 0.6) is 0 Å². The molecule has 136 valence electrons. The number of hydrogen-bond donors (Lipinski definition) is 1. The van der Waals surface area contributed by atoms with Crippen molar-refractivity contribution in [1.82, 2.24) is 15.2 Å². The van der Waals surface area contributed by atoms with E-state index in [1.165, 1.54) is 6.07 Å². The Balaban J connectivity index is 1.43. The summed E-state index contributed by atoms with van der Waals surface area (Å²) in [4.78, 5) is 32.4. The number of carbonyl (C=O) groups excluding carboxylic acids is 2. The molecule has 3 rings (SSSR count). The Bertz CT molecular complexity index is 761. The highest BCUT2D eigenvalue weighted by atomic mass is 19.1. The van der Waals surface area contributed by atoms with Crippen LogP contribution in [0.15, 0.2) is 48.7 Å². The van der Waals surface area contributed by atoms with Gasteiger partial charge < -0.3 is 15.1 Å². The molecule has 0 aliphatic carbocycles. The number of nitrogens with zero attached hydrogens (tertiary/aromatic N) is 3. The summed E-state index contributed by atoms with van der Waals surface area (Å²) < 4.78 is 13.6. The molecule has 0 unspecified atom stereocenters. The van der Waals surface area contributed by atoms with Gasteiger partial charge in [-0.25, -0.2) is 9.37 Å². The van der Waals surface area contributed by atoms with Crippen molar-refractivity contribution in [3.8, 4) is 0 Å². The molecule has 1 saturated heterocycles. The molecule has 0 radical (unpaired) electrons. The monoisotopic (exact) mass is 356 g/mol. The molecule has 1 aliphatic heterocycles. The third-order valence-electron chi connectivity index (χ3n) is 4.35. The van der Waals surface area contributed by atoms with Crippen molar-refractivity contribution in [3.63, 3.8) is 0 Å². The fourth-order valence-corrected chi connectivity index (χ4v) is 2.89. The number of rotatable bonds is 5. The van der Waals surface area contributed by atoms with Crippen LogP contribution < -0.4 is 10.2 Å². The maximum absolute atomic E-state index is 13.6. The normalized spacial score (nSPS) is 14.2. The van der Waals surface area contributed by atoms with Crippen LogP contribution in [0.1, 0.15) is 5.56 Å². The molecule has 1 fully saturated rings. The Kier molecular flexibility index (Phi) is 5.78. The van der Waals surface area contributed by atoms with Crippen molar-refractivity contribution in [1.29, 1.82) is 0 Å². The SMILES string of the molecule is O=C(Cc1ccccc1F)NCC(=O)N1CCN(c2ccccn2)CC1. The molecule has 6 nitrogen and oxygen atoms in total. The van der Waals surface area contributed by atoms with Crippen molar-refractivity contribution >= 4 is 17.6 Å². The third-order valence-corrected chi connectivity index (χ3v) is 4.35. The Morgan fingerprint density at radius 1 is 1.04 bits per heavy atom. The van der Waals surface area contributed by atoms with Gasteiger partial charge in [0.25, 0.3) is 0 Å². The molecule has 2 amide bonds. The Hall–Kier alpha value is -2.96. The summed E-state index contributed by atoms with van der Waals surface area (Å²) in [5, 5.41) is 2.58. The van der Waals surface area contributed by atoms with Crippen LogP contribution in [0.4, 0.5) is 10.2 Å². The van der Waals surface area contributed by atoms with Gasteiger partial charge in [0.2, 0.25) is 11.8 Å². The average molecular weight is 356 g/mol. The number of pyridine rings is 1. The van der Waals surface area contributed by atoms with Gasteiger partial charge in [-0.3, -0.25) is 9.59 Å². The molecule has 0 atom stereocenters. The standard InChI is InChI=1S/C19H21FN4O2/c20-16-6-2-1-5-15(16)13-18(25)22-14-19(26)24-11-9-23(10-12-24)17-7-3-4-8-21-17/h1-8H,9-14H2,(H,22,25). The van der Waals surface area contributed by atoms with Gasteiger partial charge in [0.15, 0.2) is 0 Å². The van der Waals surface area contributed by atoms with Gasteiger partial charge in [-0.15, -0.1) is 0 Å². The summed E-state index contributed by atoms with van der Waals surface area (Å²) in [6, 6.07) is 11.9. The van der Waals surface area contributed by atoms with Crippen LogP contribution in [-0.2, 0) is 16.0 Å². The number of anilines is 1. The summed E-state index contributed by atoms with van der Waals surface area (Å²) in [6.45, 7) is 2.49. The molecule has 2 heterocycles. The molecule has 1 N–H and O–H groups in total. The summed E-state index contributed by atoms with van der Waals surface area (Å²) in [6.07, 6.45) is 1.67. The Morgan fingerprint density at radius 3 is 2.46 bits per heavy atom. The predicted octanol–water partition coefficient (Wildman–Crippen LogP) is 1.23. The van der Waals surface area contributed by atoms with E-state index in [2.05, 4.69) is 15.2 Å². The zero-order chi connectivity index (χ0) is 18.4. The van der Waals surface area contributed by atoms with Crippen LogP contribution in [0, 0.1) is 5.82 Å². The van der Waals surface area contributed by atoms with Crippen molar-refractivity contribution in [2.75, 3.05) is 37.6 Å². The summed E-state index contributed by atoms with van der Waals surface area (Å²) in [5.74, 6) is -0.0134. The summed E-state index contributed by atoms with van der Waals surface area (Å²) in [7, 11) is 0. The molecular weight excluding hydrogens is 335 g/mol. The van der Waals surface area contributed by atoms with E-state index >= 15 is 0 Å². The van der Waals surface area contributed by atoms with Crippen LogP contribution in [-0.4, -0.2) is 54.4 Å². The maximum Gasteiger partial charge on any atom is 0.242 e. The molecule has 1 aromatic heterocycles. The number of halogens is 1. The maximum atomic E-state index is 13.6. The van der Waals surface area contributed by atoms with Crippen LogP contribution in [0.25, 0.3) is 0 Å². The van der Waals surface area contributed by atoms with E-state index in [1.54, 1.807) is 29.3 Å². The zero-order valence-electron chi connectivity index (χ0n) is 14.4. The van der Waals surface area contributed by atoms with Crippen molar-refractivity contribution in [3.05, 3.63) is 60.0 Å². The minimum Gasteiger partial charge on any atom is -0.353 e. The fraction of sp³-hybridized carbons (Fsp3) is 0.316. The van der Waals surface area contributed by atoms with Gasteiger partial charge in [-0.1, -0.05) is 24.3 Å². The molecule has 1 aliphatic rings. The number of hydrogen-bond acceptors (Lipinski definition) is 4. The second kappa shape index (κ2) is 8.42. The lowest BCUT2D eigenvalue weighted by Gasteiger charge is -2.35. The minimum absolute atomic E-state index is 0.0725. The van der Waals surface area contributed by atoms with E-state index in [9.17, 15) is 14.0 Å². The molecule has 0 saturated carbocycles. The van der Waals surface area contributed by atoms with Gasteiger partial charge >= 0.3 is 0 Å². The topological polar surface area (TPSA) is 65.5 Å². The fourth-order valence-electron chi connectivity index (χ4n) is 2.89. The molecule has 26 heavy (non-hydrogen) atoms. The average Bonchev–Trinajstić information content (AvgIpc) is 2.69. The molecule has 2 aromatic rings. The van der Waals surface area contributed by atoms with Crippen LogP contribution >= 0.6 is 0 Å². The minimum atomic E-state index is -0.417. The lowest BCUT2D eigenvalue weighted by Crippen LogP contribution is -2.51. The number of carbonyl (C=O) groups is 2. The lowest BCUT2D eigenvalue weighted by molar-refractivity contribution is -0.133. The number of amides is 2. The molecule has 7 heteroatoms. The summed E-state index contributed by atoms with van der Waals surface area (Å²) >= 11 is 0. The molecule has 1 aromatic carbocycles. The Labute approximate surface area is 151 Å². The number of benzene rings is 1. The predicted molar refractivity (Wildman–Crippen MR) is 96.1 cm³/mol. The van der Waals surface area contributed by atoms with Crippen molar-refractivity contribution in [2.24, 2.45) is 0 Å². The molecular formula is C19H21FN4O2. The lowest BCUT2D eigenvalue weighted by atomic mass is 10.1. The van der Waals surface area contributed by atoms with Crippen molar-refractivity contribution < 1.29 is 14.0 Å². The molecule has 0 bridgehead atoms. The highest BCUT2D eigenvalue weighted by molar-refractivity contribution is 5.85. The van der Waals surface area contributed by atoms with Gasteiger partial charge in [0.05, 0.1) is 13.0 Å². The Morgan fingerprint density at radius 2 is 1.77 bits per heavy atom. The van der Waals surface area contributed by atoms with Crippen LogP contribution in [0.3, 0.4) is 0 Å². The van der Waals surface area contributed by atoms with E-state index in [1.807, 2.05) is 18.2 Å². The first-order valence-corrected chi connectivity index (χ1v) is 8.57. The molecule has 0 spiro atoms. The highest BCUT2D eigenvalue weighted by Crippen LogP contribution is 2.12. The van der Waals surface area contributed by atoms with Crippen LogP contribution in [0.2, 0.25) is 0 Å². The largest absolute Gasteiger partial charge is 0.353 e. The van der Waals surface area contributed by atoms with E-state index in [-0.39, 0.29) is 24.8 Å². The van der Waals surface area contributed by atoms with Gasteiger partial charge in [0.1, 0.15) is 11.6 Å². The van der Waals surface area contributed by atoms with Gasteiger partial charge in [-0.05, 0) is 23.8 Å². The number of nitrogens with one attached hydrogen (secondary N) is 1. The van der Waals surface area contributed by atoms with Gasteiger partial charge in [0, 0.05) is 32.4 Å². The second-order valence-electron chi connectivity index (χ2n) is 6.10. The van der Waals surface area contributed by atoms with E-state index in [0.717, 1.165) is 5.82 Å². The van der Waals surface area contributed by atoms with E-state index in [4.69, 9.17) is 0 Å². The first-order chi connectivity index (χ1) is 12.6. The first kappa shape index (κ1) is 17.8. The van der Waals surface area contributed by atoms with Crippen molar-refractivity contribution in [2.45, 2.75) is 6.42 Å². The number of piperazine rings is 1. The quantitative estimate of drug-likeness (QED) is 0.875.